The Hall–Kier alpha value is -1.06. The molecular formula is C17H25NO2. The molecule has 1 saturated heterocycles. The summed E-state index contributed by atoms with van der Waals surface area (Å²) in [5, 5.41) is 14.7. The third-order valence-electron chi connectivity index (χ3n) is 4.86. The molecule has 0 spiro atoms. The lowest BCUT2D eigenvalue weighted by molar-refractivity contribution is -0.125. The summed E-state index contributed by atoms with van der Waals surface area (Å²) in [7, 11) is 0. The van der Waals surface area contributed by atoms with Gasteiger partial charge in [0.25, 0.3) is 0 Å². The molecule has 3 heteroatoms. The molecule has 1 fully saturated rings. The first kappa shape index (κ1) is 13.9. The summed E-state index contributed by atoms with van der Waals surface area (Å²) in [6, 6.07) is 8.56. The number of rotatable bonds is 2. The van der Waals surface area contributed by atoms with Crippen LogP contribution in [0.1, 0.15) is 38.7 Å². The van der Waals surface area contributed by atoms with Crippen LogP contribution in [0.15, 0.2) is 24.3 Å². The molecule has 3 nitrogen and oxygen atoms in total. The number of benzene rings is 1. The second-order valence-corrected chi connectivity index (χ2v) is 6.60. The van der Waals surface area contributed by atoms with Crippen LogP contribution in [-0.4, -0.2) is 29.5 Å². The molecule has 2 aliphatic rings. The minimum atomic E-state index is -0.638. The maximum Gasteiger partial charge on any atom is 0.0894 e. The summed E-state index contributed by atoms with van der Waals surface area (Å²) >= 11 is 0. The molecule has 0 aromatic heterocycles. The van der Waals surface area contributed by atoms with Gasteiger partial charge in [0.2, 0.25) is 0 Å². The zero-order chi connectivity index (χ0) is 14.2. The minimum Gasteiger partial charge on any atom is -0.388 e. The molecule has 0 bridgehead atoms. The number of hydrogen-bond donors (Lipinski definition) is 2. The van der Waals surface area contributed by atoms with Crippen molar-refractivity contribution < 1.29 is 9.84 Å². The molecule has 0 radical (unpaired) electrons. The minimum absolute atomic E-state index is 0.141. The van der Waals surface area contributed by atoms with E-state index >= 15 is 0 Å². The van der Waals surface area contributed by atoms with E-state index in [1.54, 1.807) is 0 Å². The largest absolute Gasteiger partial charge is 0.388 e. The highest BCUT2D eigenvalue weighted by Gasteiger charge is 2.43. The Kier molecular flexibility index (Phi) is 3.74. The van der Waals surface area contributed by atoms with Crippen LogP contribution in [0.3, 0.4) is 0 Å². The van der Waals surface area contributed by atoms with E-state index in [4.69, 9.17) is 4.74 Å². The standard InChI is InChI=1S/C17H25NO2/c1-12(2)15-11-17(19,9-10-20-15)16-8-7-13-5-3-4-6-14(13)18-16/h3-6,12,15-16,18-19H,7-11H2,1-2H3. The normalized spacial score (nSPS) is 33.6. The van der Waals surface area contributed by atoms with Crippen LogP contribution in [0.5, 0.6) is 0 Å². The molecule has 1 aromatic rings. The topological polar surface area (TPSA) is 41.5 Å². The molecule has 3 atom stereocenters. The lowest BCUT2D eigenvalue weighted by atomic mass is 9.77. The summed E-state index contributed by atoms with van der Waals surface area (Å²) in [4.78, 5) is 0. The van der Waals surface area contributed by atoms with Gasteiger partial charge >= 0.3 is 0 Å². The number of anilines is 1. The molecule has 2 aliphatic heterocycles. The van der Waals surface area contributed by atoms with Crippen LogP contribution in [0.25, 0.3) is 0 Å². The molecule has 110 valence electrons. The van der Waals surface area contributed by atoms with E-state index in [1.165, 1.54) is 11.3 Å². The number of fused-ring (bicyclic) bond motifs is 1. The van der Waals surface area contributed by atoms with E-state index in [2.05, 4.69) is 43.4 Å². The predicted octanol–water partition coefficient (Wildman–Crippen LogP) is 2.98. The van der Waals surface area contributed by atoms with Gasteiger partial charge in [-0.25, -0.2) is 0 Å². The van der Waals surface area contributed by atoms with Crippen molar-refractivity contribution in [2.45, 2.75) is 57.3 Å². The monoisotopic (exact) mass is 275 g/mol. The SMILES string of the molecule is CC(C)C1CC(O)(C2CCc3ccccc3N2)CCO1. The van der Waals surface area contributed by atoms with Crippen LogP contribution < -0.4 is 5.32 Å². The Morgan fingerprint density at radius 3 is 2.95 bits per heavy atom. The summed E-state index contributed by atoms with van der Waals surface area (Å²) in [5.41, 5.74) is 1.91. The fraction of sp³-hybridized carbons (Fsp3) is 0.647. The van der Waals surface area contributed by atoms with Gasteiger partial charge in [-0.05, 0) is 30.4 Å². The van der Waals surface area contributed by atoms with E-state index in [9.17, 15) is 5.11 Å². The molecule has 0 saturated carbocycles. The number of aliphatic hydroxyl groups is 1. The van der Waals surface area contributed by atoms with Crippen molar-refractivity contribution in [3.8, 4) is 0 Å². The van der Waals surface area contributed by atoms with Crippen LogP contribution in [0.4, 0.5) is 5.69 Å². The van der Waals surface area contributed by atoms with Crippen LogP contribution >= 0.6 is 0 Å². The van der Waals surface area contributed by atoms with Gasteiger partial charge in [-0.15, -0.1) is 0 Å². The average Bonchev–Trinajstić information content (AvgIpc) is 2.47. The molecule has 3 rings (SSSR count). The summed E-state index contributed by atoms with van der Waals surface area (Å²) < 4.78 is 5.81. The Labute approximate surface area is 121 Å². The molecule has 0 aliphatic carbocycles. The molecular weight excluding hydrogens is 250 g/mol. The van der Waals surface area contributed by atoms with Gasteiger partial charge in [0.1, 0.15) is 0 Å². The third-order valence-corrected chi connectivity index (χ3v) is 4.86. The van der Waals surface area contributed by atoms with Crippen molar-refractivity contribution >= 4 is 5.69 Å². The first-order valence-corrected chi connectivity index (χ1v) is 7.77. The van der Waals surface area contributed by atoms with Crippen molar-refractivity contribution in [1.29, 1.82) is 0 Å². The second kappa shape index (κ2) is 5.38. The van der Waals surface area contributed by atoms with Crippen molar-refractivity contribution in [2.24, 2.45) is 5.92 Å². The predicted molar refractivity (Wildman–Crippen MR) is 80.9 cm³/mol. The summed E-state index contributed by atoms with van der Waals surface area (Å²) in [5.74, 6) is 0.456. The van der Waals surface area contributed by atoms with Crippen molar-refractivity contribution in [1.82, 2.24) is 0 Å². The van der Waals surface area contributed by atoms with Crippen molar-refractivity contribution in [2.75, 3.05) is 11.9 Å². The maximum atomic E-state index is 11.1. The van der Waals surface area contributed by atoms with Crippen LogP contribution in [0, 0.1) is 5.92 Å². The number of ether oxygens (including phenoxy) is 1. The summed E-state index contributed by atoms with van der Waals surface area (Å²) in [6.45, 7) is 5.00. The van der Waals surface area contributed by atoms with Gasteiger partial charge in [-0.3, -0.25) is 0 Å². The quantitative estimate of drug-likeness (QED) is 0.872. The lowest BCUT2D eigenvalue weighted by Crippen LogP contribution is -2.54. The first-order chi connectivity index (χ1) is 9.58. The number of nitrogens with one attached hydrogen (secondary N) is 1. The Balaban J connectivity index is 1.76. The van der Waals surface area contributed by atoms with Crippen molar-refractivity contribution in [3.05, 3.63) is 29.8 Å². The van der Waals surface area contributed by atoms with Gasteiger partial charge in [0, 0.05) is 25.1 Å². The molecule has 2 N–H and O–H groups in total. The third kappa shape index (κ3) is 2.57. The van der Waals surface area contributed by atoms with Gasteiger partial charge in [0.05, 0.1) is 17.7 Å². The Morgan fingerprint density at radius 2 is 2.15 bits per heavy atom. The Bertz CT molecular complexity index is 474. The molecule has 3 unspecified atom stereocenters. The zero-order valence-corrected chi connectivity index (χ0v) is 12.4. The molecule has 1 aromatic carbocycles. The van der Waals surface area contributed by atoms with E-state index in [0.29, 0.717) is 12.5 Å². The molecule has 2 heterocycles. The van der Waals surface area contributed by atoms with Crippen molar-refractivity contribution in [3.63, 3.8) is 0 Å². The number of aryl methyl sites for hydroxylation is 1. The van der Waals surface area contributed by atoms with Gasteiger partial charge in [-0.2, -0.15) is 0 Å². The fourth-order valence-corrected chi connectivity index (χ4v) is 3.48. The maximum absolute atomic E-state index is 11.1. The fourth-order valence-electron chi connectivity index (χ4n) is 3.48. The zero-order valence-electron chi connectivity index (χ0n) is 12.4. The van der Waals surface area contributed by atoms with E-state index in [-0.39, 0.29) is 12.1 Å². The lowest BCUT2D eigenvalue weighted by Gasteiger charge is -2.45. The van der Waals surface area contributed by atoms with E-state index in [1.807, 2.05) is 0 Å². The first-order valence-electron chi connectivity index (χ1n) is 7.77. The van der Waals surface area contributed by atoms with E-state index in [0.717, 1.165) is 25.7 Å². The van der Waals surface area contributed by atoms with Gasteiger partial charge in [-0.1, -0.05) is 32.0 Å². The highest BCUT2D eigenvalue weighted by atomic mass is 16.5. The number of hydrogen-bond acceptors (Lipinski definition) is 3. The second-order valence-electron chi connectivity index (χ2n) is 6.60. The number of para-hydroxylation sites is 1. The highest BCUT2D eigenvalue weighted by Crippen LogP contribution is 2.37. The summed E-state index contributed by atoms with van der Waals surface area (Å²) in [6.07, 6.45) is 3.69. The van der Waals surface area contributed by atoms with Gasteiger partial charge < -0.3 is 15.2 Å². The Morgan fingerprint density at radius 1 is 1.35 bits per heavy atom. The highest BCUT2D eigenvalue weighted by molar-refractivity contribution is 5.54. The van der Waals surface area contributed by atoms with Crippen LogP contribution in [-0.2, 0) is 11.2 Å². The molecule has 0 amide bonds. The van der Waals surface area contributed by atoms with E-state index < -0.39 is 5.60 Å². The smallest absolute Gasteiger partial charge is 0.0894 e. The van der Waals surface area contributed by atoms with Gasteiger partial charge in [0.15, 0.2) is 0 Å². The molecule has 20 heavy (non-hydrogen) atoms. The van der Waals surface area contributed by atoms with Crippen LogP contribution in [0.2, 0.25) is 0 Å². The average molecular weight is 275 g/mol.